The maximum absolute atomic E-state index is 13.5. The van der Waals surface area contributed by atoms with Crippen molar-refractivity contribution in [2.75, 3.05) is 18.5 Å². The number of hydrogen-bond acceptors (Lipinski definition) is 3. The fraction of sp³-hybridized carbons (Fsp3) is 0.375. The van der Waals surface area contributed by atoms with Crippen molar-refractivity contribution in [1.29, 1.82) is 0 Å². The Morgan fingerprint density at radius 2 is 2.08 bits per heavy atom. The highest BCUT2D eigenvalue weighted by Crippen LogP contribution is 2.36. The van der Waals surface area contributed by atoms with Crippen LogP contribution in [0.4, 0.5) is 23.7 Å². The Labute approximate surface area is 152 Å². The van der Waals surface area contributed by atoms with Crippen molar-refractivity contribution in [2.45, 2.75) is 25.1 Å². The first-order valence-corrected chi connectivity index (χ1v) is 8.30. The number of halogens is 4. The molecule has 0 bridgehead atoms. The van der Waals surface area contributed by atoms with E-state index in [0.29, 0.717) is 16.3 Å². The average Bonchev–Trinajstić information content (AvgIpc) is 3.22. The largest absolute Gasteiger partial charge is 0.435 e. The summed E-state index contributed by atoms with van der Waals surface area (Å²) in [6.07, 6.45) is -2.15. The van der Waals surface area contributed by atoms with Gasteiger partial charge in [0.15, 0.2) is 5.69 Å². The Balaban J connectivity index is 1.78. The second-order valence-electron chi connectivity index (χ2n) is 5.76. The lowest BCUT2D eigenvalue weighted by atomic mass is 10.2. The summed E-state index contributed by atoms with van der Waals surface area (Å²) in [5.41, 5.74) is -1.33. The second kappa shape index (κ2) is 7.55. The van der Waals surface area contributed by atoms with Crippen molar-refractivity contribution in [3.8, 4) is 5.69 Å². The smallest absolute Gasteiger partial charge is 0.376 e. The molecule has 0 saturated carbocycles. The van der Waals surface area contributed by atoms with E-state index in [1.165, 1.54) is 24.3 Å². The number of ether oxygens (including phenoxy) is 1. The summed E-state index contributed by atoms with van der Waals surface area (Å²) in [6, 6.07) is 4.99. The SMILES string of the molecule is O=C(NCC1CCCO1)Nc1cnn(-c2ccc(Cl)cc2)c1C(F)(F)F. The summed E-state index contributed by atoms with van der Waals surface area (Å²) in [4.78, 5) is 11.9. The van der Waals surface area contributed by atoms with Gasteiger partial charge in [0.1, 0.15) is 0 Å². The van der Waals surface area contributed by atoms with Gasteiger partial charge in [0.05, 0.1) is 23.7 Å². The summed E-state index contributed by atoms with van der Waals surface area (Å²) < 4.78 is 46.6. The van der Waals surface area contributed by atoms with E-state index < -0.39 is 23.6 Å². The molecule has 1 unspecified atom stereocenters. The van der Waals surface area contributed by atoms with Gasteiger partial charge < -0.3 is 15.4 Å². The number of benzene rings is 1. The number of urea groups is 1. The fourth-order valence-corrected chi connectivity index (χ4v) is 2.80. The fourth-order valence-electron chi connectivity index (χ4n) is 2.67. The Hall–Kier alpha value is -2.26. The number of nitrogens with zero attached hydrogens (tertiary/aromatic N) is 2. The standard InChI is InChI=1S/C16H16ClF3N4O2/c17-10-3-5-11(6-4-10)24-14(16(18,19)20)13(9-22-24)23-15(25)21-8-12-2-1-7-26-12/h3-6,9,12H,1-2,7-8H2,(H2,21,23,25). The molecule has 3 rings (SSSR count). The summed E-state index contributed by atoms with van der Waals surface area (Å²) >= 11 is 5.76. The minimum absolute atomic E-state index is 0.111. The van der Waals surface area contributed by atoms with Crippen LogP contribution in [0.3, 0.4) is 0 Å². The minimum Gasteiger partial charge on any atom is -0.376 e. The molecule has 1 aliphatic heterocycles. The summed E-state index contributed by atoms with van der Waals surface area (Å²) in [5, 5.41) is 8.87. The molecule has 140 valence electrons. The van der Waals surface area contributed by atoms with Crippen molar-refractivity contribution in [3.63, 3.8) is 0 Å². The third kappa shape index (κ3) is 4.28. The molecule has 1 atom stereocenters. The van der Waals surface area contributed by atoms with Crippen molar-refractivity contribution in [1.82, 2.24) is 15.1 Å². The normalized spacial score (nSPS) is 17.3. The van der Waals surface area contributed by atoms with Gasteiger partial charge in [0.2, 0.25) is 0 Å². The van der Waals surface area contributed by atoms with Crippen LogP contribution in [-0.4, -0.2) is 35.1 Å². The topological polar surface area (TPSA) is 68.2 Å². The molecular weight excluding hydrogens is 373 g/mol. The van der Waals surface area contributed by atoms with Gasteiger partial charge in [-0.2, -0.15) is 18.3 Å². The Morgan fingerprint density at radius 1 is 1.35 bits per heavy atom. The van der Waals surface area contributed by atoms with Crippen LogP contribution in [0.25, 0.3) is 5.69 Å². The molecule has 0 aliphatic carbocycles. The number of amides is 2. The van der Waals surface area contributed by atoms with E-state index in [1.54, 1.807) is 0 Å². The van der Waals surface area contributed by atoms with E-state index in [1.807, 2.05) is 0 Å². The first kappa shape index (κ1) is 18.5. The highest BCUT2D eigenvalue weighted by Gasteiger charge is 2.39. The lowest BCUT2D eigenvalue weighted by Gasteiger charge is -2.14. The van der Waals surface area contributed by atoms with E-state index in [4.69, 9.17) is 16.3 Å². The van der Waals surface area contributed by atoms with Crippen LogP contribution >= 0.6 is 11.6 Å². The number of nitrogens with one attached hydrogen (secondary N) is 2. The number of aromatic nitrogens is 2. The monoisotopic (exact) mass is 388 g/mol. The molecule has 2 aromatic rings. The van der Waals surface area contributed by atoms with Crippen LogP contribution in [0.5, 0.6) is 0 Å². The van der Waals surface area contributed by atoms with Crippen LogP contribution in [0.1, 0.15) is 18.5 Å². The molecule has 0 spiro atoms. The predicted molar refractivity (Wildman–Crippen MR) is 89.6 cm³/mol. The van der Waals surface area contributed by atoms with E-state index >= 15 is 0 Å². The molecule has 2 amide bonds. The van der Waals surface area contributed by atoms with Crippen LogP contribution in [0.2, 0.25) is 5.02 Å². The van der Waals surface area contributed by atoms with Crippen LogP contribution in [0.15, 0.2) is 30.5 Å². The lowest BCUT2D eigenvalue weighted by Crippen LogP contribution is -2.35. The second-order valence-corrected chi connectivity index (χ2v) is 6.20. The third-order valence-corrected chi connectivity index (χ3v) is 4.12. The van der Waals surface area contributed by atoms with Crippen molar-refractivity contribution in [2.24, 2.45) is 0 Å². The zero-order chi connectivity index (χ0) is 18.7. The highest BCUT2D eigenvalue weighted by atomic mass is 35.5. The number of anilines is 1. The molecule has 1 aromatic carbocycles. The maximum atomic E-state index is 13.5. The molecule has 1 aliphatic rings. The van der Waals surface area contributed by atoms with Gasteiger partial charge in [0.25, 0.3) is 0 Å². The molecule has 2 heterocycles. The molecule has 10 heteroatoms. The molecule has 2 N–H and O–H groups in total. The van der Waals surface area contributed by atoms with Crippen molar-refractivity contribution in [3.05, 3.63) is 41.2 Å². The summed E-state index contributed by atoms with van der Waals surface area (Å²) in [5.74, 6) is 0. The quantitative estimate of drug-likeness (QED) is 0.836. The van der Waals surface area contributed by atoms with E-state index in [-0.39, 0.29) is 18.3 Å². The van der Waals surface area contributed by atoms with Gasteiger partial charge in [-0.15, -0.1) is 0 Å². The maximum Gasteiger partial charge on any atom is 0.435 e. The Kier molecular flexibility index (Phi) is 5.38. The minimum atomic E-state index is -4.71. The molecular formula is C16H16ClF3N4O2. The van der Waals surface area contributed by atoms with Gasteiger partial charge in [-0.05, 0) is 37.1 Å². The van der Waals surface area contributed by atoms with Gasteiger partial charge in [0, 0.05) is 18.2 Å². The predicted octanol–water partition coefficient (Wildman–Crippen LogP) is 3.85. The van der Waals surface area contributed by atoms with E-state index in [0.717, 1.165) is 19.0 Å². The molecule has 26 heavy (non-hydrogen) atoms. The number of hydrogen-bond donors (Lipinski definition) is 2. The Bertz CT molecular complexity index is 771. The zero-order valence-corrected chi connectivity index (χ0v) is 14.3. The van der Waals surface area contributed by atoms with Gasteiger partial charge >= 0.3 is 12.2 Å². The van der Waals surface area contributed by atoms with Gasteiger partial charge in [-0.1, -0.05) is 11.6 Å². The number of alkyl halides is 3. The first-order chi connectivity index (χ1) is 12.3. The average molecular weight is 389 g/mol. The molecule has 1 saturated heterocycles. The summed E-state index contributed by atoms with van der Waals surface area (Å²) in [7, 11) is 0. The van der Waals surface area contributed by atoms with Crippen LogP contribution in [-0.2, 0) is 10.9 Å². The number of carbonyl (C=O) groups is 1. The summed E-state index contributed by atoms with van der Waals surface area (Å²) in [6.45, 7) is 0.860. The Morgan fingerprint density at radius 3 is 2.69 bits per heavy atom. The number of carbonyl (C=O) groups excluding carboxylic acids is 1. The number of rotatable bonds is 4. The van der Waals surface area contributed by atoms with E-state index in [9.17, 15) is 18.0 Å². The van der Waals surface area contributed by atoms with Gasteiger partial charge in [-0.3, -0.25) is 0 Å². The molecule has 0 radical (unpaired) electrons. The van der Waals surface area contributed by atoms with Crippen molar-refractivity contribution >= 4 is 23.3 Å². The lowest BCUT2D eigenvalue weighted by molar-refractivity contribution is -0.142. The van der Waals surface area contributed by atoms with E-state index in [2.05, 4.69) is 15.7 Å². The molecule has 6 nitrogen and oxygen atoms in total. The first-order valence-electron chi connectivity index (χ1n) is 7.92. The molecule has 1 aromatic heterocycles. The van der Waals surface area contributed by atoms with Gasteiger partial charge in [-0.25, -0.2) is 9.48 Å². The highest BCUT2D eigenvalue weighted by molar-refractivity contribution is 6.30. The van der Waals surface area contributed by atoms with Crippen LogP contribution in [0, 0.1) is 0 Å². The van der Waals surface area contributed by atoms with Crippen LogP contribution < -0.4 is 10.6 Å². The third-order valence-electron chi connectivity index (χ3n) is 3.87. The molecule has 1 fully saturated rings. The zero-order valence-electron chi connectivity index (χ0n) is 13.5. The van der Waals surface area contributed by atoms with Crippen molar-refractivity contribution < 1.29 is 22.7 Å².